The Hall–Kier alpha value is -4.78. The van der Waals surface area contributed by atoms with Crippen LogP contribution in [0, 0.1) is 6.92 Å². The molecule has 1 N–H and O–H groups in total. The molecule has 1 unspecified atom stereocenters. The molecule has 0 radical (unpaired) electrons. The highest BCUT2D eigenvalue weighted by Gasteiger charge is 2.46. The van der Waals surface area contributed by atoms with Crippen LogP contribution in [0.25, 0.3) is 5.76 Å². The molecule has 0 bridgehead atoms. The molecule has 2 heterocycles. The summed E-state index contributed by atoms with van der Waals surface area (Å²) in [6.45, 7) is 5.14. The van der Waals surface area contributed by atoms with Gasteiger partial charge in [-0.3, -0.25) is 9.59 Å². The van der Waals surface area contributed by atoms with Gasteiger partial charge in [0.25, 0.3) is 11.7 Å². The van der Waals surface area contributed by atoms with E-state index in [1.54, 1.807) is 48.5 Å². The Morgan fingerprint density at radius 2 is 1.60 bits per heavy atom. The molecule has 1 amide bonds. The van der Waals surface area contributed by atoms with E-state index in [1.807, 2.05) is 50.2 Å². The molecule has 1 atom stereocenters. The number of amides is 1. The fourth-order valence-corrected chi connectivity index (χ4v) is 4.72. The Kier molecular flexibility index (Phi) is 8.01. The lowest BCUT2D eigenvalue weighted by molar-refractivity contribution is -0.140. The number of hydrogen-bond donors (Lipinski definition) is 1. The van der Waals surface area contributed by atoms with Crippen molar-refractivity contribution in [1.82, 2.24) is 4.90 Å². The molecule has 40 heavy (non-hydrogen) atoms. The lowest BCUT2D eigenvalue weighted by Gasteiger charge is -2.24. The minimum absolute atomic E-state index is 0.0207. The van der Waals surface area contributed by atoms with E-state index >= 15 is 0 Å². The van der Waals surface area contributed by atoms with Crippen LogP contribution in [0.3, 0.4) is 0 Å². The average molecular weight is 538 g/mol. The quantitative estimate of drug-likeness (QED) is 0.140. The molecule has 1 fully saturated rings. The number of ketones is 1. The lowest BCUT2D eigenvalue weighted by Crippen LogP contribution is -2.29. The molecule has 1 saturated heterocycles. The van der Waals surface area contributed by atoms with Gasteiger partial charge in [-0.25, -0.2) is 0 Å². The summed E-state index contributed by atoms with van der Waals surface area (Å²) in [5.74, 6) is 0.145. The molecule has 204 valence electrons. The molecule has 4 aromatic rings. The van der Waals surface area contributed by atoms with Crippen molar-refractivity contribution in [3.8, 4) is 11.5 Å². The summed E-state index contributed by atoms with van der Waals surface area (Å²) < 4.78 is 17.1. The first-order valence-electron chi connectivity index (χ1n) is 13.3. The van der Waals surface area contributed by atoms with Crippen LogP contribution < -0.4 is 9.47 Å². The van der Waals surface area contributed by atoms with Crippen molar-refractivity contribution in [3.63, 3.8) is 0 Å². The third-order valence-electron chi connectivity index (χ3n) is 6.90. The van der Waals surface area contributed by atoms with Crippen molar-refractivity contribution >= 4 is 17.4 Å². The Morgan fingerprint density at radius 3 is 2.27 bits per heavy atom. The summed E-state index contributed by atoms with van der Waals surface area (Å²) in [6.07, 6.45) is 2.39. The standard InChI is InChI=1S/C33H31NO6/c1-3-18-38-26-14-10-23(11-15-26)30-29(32(36)33(37)34(30)20-28-9-6-19-39-28)31(35)24-12-16-27(17-13-24)40-21-25-8-5-4-7-22(25)2/h4-17,19,30,35H,3,18,20-21H2,1-2H3/b31-29+. The van der Waals surface area contributed by atoms with Gasteiger partial charge in [0.15, 0.2) is 0 Å². The van der Waals surface area contributed by atoms with Crippen LogP contribution in [-0.4, -0.2) is 28.3 Å². The number of nitrogens with zero attached hydrogens (tertiary/aromatic N) is 1. The number of benzene rings is 3. The van der Waals surface area contributed by atoms with E-state index in [0.717, 1.165) is 17.5 Å². The monoisotopic (exact) mass is 537 g/mol. The van der Waals surface area contributed by atoms with Crippen molar-refractivity contribution in [2.45, 2.75) is 39.5 Å². The third kappa shape index (κ3) is 5.64. The summed E-state index contributed by atoms with van der Waals surface area (Å²) in [5, 5.41) is 11.4. The van der Waals surface area contributed by atoms with Crippen LogP contribution in [0.1, 0.15) is 47.4 Å². The molecule has 0 aliphatic carbocycles. The number of aliphatic hydroxyl groups excluding tert-OH is 1. The largest absolute Gasteiger partial charge is 0.507 e. The van der Waals surface area contributed by atoms with Crippen molar-refractivity contribution < 1.29 is 28.6 Å². The second kappa shape index (κ2) is 11.9. The molecule has 7 nitrogen and oxygen atoms in total. The first kappa shape index (κ1) is 26.8. The fraction of sp³-hybridized carbons (Fsp3) is 0.212. The maximum Gasteiger partial charge on any atom is 0.296 e. The summed E-state index contributed by atoms with van der Waals surface area (Å²) in [5.41, 5.74) is 3.33. The van der Waals surface area contributed by atoms with Gasteiger partial charge in [0.05, 0.1) is 31.0 Å². The number of ether oxygens (including phenoxy) is 2. The zero-order valence-corrected chi connectivity index (χ0v) is 22.5. The molecular weight excluding hydrogens is 506 g/mol. The Morgan fingerprint density at radius 1 is 0.900 bits per heavy atom. The molecular formula is C33H31NO6. The molecule has 1 aliphatic rings. The molecule has 1 aliphatic heterocycles. The highest BCUT2D eigenvalue weighted by Crippen LogP contribution is 2.41. The van der Waals surface area contributed by atoms with Gasteiger partial charge < -0.3 is 23.9 Å². The topological polar surface area (TPSA) is 89.2 Å². The number of aliphatic hydroxyl groups is 1. The zero-order chi connectivity index (χ0) is 28.1. The van der Waals surface area contributed by atoms with Crippen LogP contribution in [0.5, 0.6) is 11.5 Å². The Labute approximate surface area is 233 Å². The minimum Gasteiger partial charge on any atom is -0.507 e. The molecule has 7 heteroatoms. The van der Waals surface area contributed by atoms with Gasteiger partial charge in [-0.05, 0) is 78.6 Å². The van der Waals surface area contributed by atoms with Gasteiger partial charge in [-0.15, -0.1) is 0 Å². The van der Waals surface area contributed by atoms with Crippen LogP contribution in [0.2, 0.25) is 0 Å². The van der Waals surface area contributed by atoms with E-state index < -0.39 is 17.7 Å². The fourth-order valence-electron chi connectivity index (χ4n) is 4.72. The van der Waals surface area contributed by atoms with Crippen molar-refractivity contribution in [2.75, 3.05) is 6.61 Å². The zero-order valence-electron chi connectivity index (χ0n) is 22.5. The number of likely N-dealkylation sites (tertiary alicyclic amines) is 1. The molecule has 3 aromatic carbocycles. The number of carbonyl (C=O) groups is 2. The van der Waals surface area contributed by atoms with Crippen molar-refractivity contribution in [3.05, 3.63) is 125 Å². The Bertz CT molecular complexity index is 1500. The molecule has 0 saturated carbocycles. The number of carbonyl (C=O) groups excluding carboxylic acids is 2. The smallest absolute Gasteiger partial charge is 0.296 e. The first-order valence-corrected chi connectivity index (χ1v) is 13.3. The van der Waals surface area contributed by atoms with Gasteiger partial charge in [-0.2, -0.15) is 0 Å². The predicted molar refractivity (Wildman–Crippen MR) is 151 cm³/mol. The van der Waals surface area contributed by atoms with Crippen molar-refractivity contribution in [1.29, 1.82) is 0 Å². The maximum absolute atomic E-state index is 13.3. The average Bonchev–Trinajstić information content (AvgIpc) is 3.58. The van der Waals surface area contributed by atoms with Crippen LogP contribution >= 0.6 is 0 Å². The van der Waals surface area contributed by atoms with E-state index in [1.165, 1.54) is 11.2 Å². The first-order chi connectivity index (χ1) is 19.5. The van der Waals surface area contributed by atoms with Gasteiger partial charge in [-0.1, -0.05) is 43.3 Å². The van der Waals surface area contributed by atoms with Crippen LogP contribution in [0.15, 0.2) is 101 Å². The highest BCUT2D eigenvalue weighted by atomic mass is 16.5. The van der Waals surface area contributed by atoms with E-state index in [9.17, 15) is 14.7 Å². The van der Waals surface area contributed by atoms with E-state index in [-0.39, 0.29) is 17.9 Å². The summed E-state index contributed by atoms with van der Waals surface area (Å²) in [4.78, 5) is 28.0. The minimum atomic E-state index is -0.803. The molecule has 1 aromatic heterocycles. The van der Waals surface area contributed by atoms with Crippen LogP contribution in [-0.2, 0) is 22.7 Å². The number of Topliss-reactive ketones (excluding diaryl/α,β-unsaturated/α-hetero) is 1. The summed E-state index contributed by atoms with van der Waals surface area (Å²) in [7, 11) is 0. The van der Waals surface area contributed by atoms with Crippen molar-refractivity contribution in [2.24, 2.45) is 0 Å². The lowest BCUT2D eigenvalue weighted by atomic mass is 9.95. The summed E-state index contributed by atoms with van der Waals surface area (Å²) in [6, 6.07) is 24.7. The number of aryl methyl sites for hydroxylation is 1. The Balaban J connectivity index is 1.46. The van der Waals surface area contributed by atoms with E-state index in [4.69, 9.17) is 13.9 Å². The number of hydrogen-bond acceptors (Lipinski definition) is 6. The maximum atomic E-state index is 13.3. The van der Waals surface area contributed by atoms with E-state index in [0.29, 0.717) is 41.6 Å². The van der Waals surface area contributed by atoms with Gasteiger partial charge >= 0.3 is 0 Å². The van der Waals surface area contributed by atoms with Gasteiger partial charge in [0.1, 0.15) is 29.6 Å². The number of rotatable bonds is 10. The second-order valence-electron chi connectivity index (χ2n) is 9.66. The van der Waals surface area contributed by atoms with Gasteiger partial charge in [0.2, 0.25) is 0 Å². The highest BCUT2D eigenvalue weighted by molar-refractivity contribution is 6.46. The predicted octanol–water partition coefficient (Wildman–Crippen LogP) is 6.58. The normalized spacial score (nSPS) is 16.4. The third-order valence-corrected chi connectivity index (χ3v) is 6.90. The van der Waals surface area contributed by atoms with E-state index in [2.05, 4.69) is 0 Å². The number of furan rings is 1. The van der Waals surface area contributed by atoms with Gasteiger partial charge in [0, 0.05) is 5.56 Å². The molecule has 5 rings (SSSR count). The second-order valence-corrected chi connectivity index (χ2v) is 9.66. The summed E-state index contributed by atoms with van der Waals surface area (Å²) >= 11 is 0. The molecule has 0 spiro atoms. The SMILES string of the molecule is CCCOc1ccc(C2/C(=C(\O)c3ccc(OCc4ccccc4C)cc3)C(=O)C(=O)N2Cc2ccco2)cc1. The van der Waals surface area contributed by atoms with Crippen LogP contribution in [0.4, 0.5) is 0 Å².